The molecule has 3 aromatic rings. The van der Waals surface area contributed by atoms with Crippen molar-refractivity contribution in [2.45, 2.75) is 32.9 Å². The minimum atomic E-state index is -0.0583. The standard InChI is InChI=1S/C15H17N3OS2/c1-8(2)16-9(3)13-17-14(19)12-10(7-21-15(12)18-13)11-5-4-6-20-11/h4-9,16H,1-3H3,(H,17,18,19)/t9-/m0/s1. The van der Waals surface area contributed by atoms with E-state index in [0.717, 1.165) is 15.3 Å². The summed E-state index contributed by atoms with van der Waals surface area (Å²) in [6, 6.07) is 4.39. The fourth-order valence-electron chi connectivity index (χ4n) is 2.36. The van der Waals surface area contributed by atoms with Crippen LogP contribution in [0.15, 0.2) is 27.7 Å². The minimum absolute atomic E-state index is 0.0226. The van der Waals surface area contributed by atoms with Gasteiger partial charge < -0.3 is 10.3 Å². The highest BCUT2D eigenvalue weighted by Gasteiger charge is 2.16. The van der Waals surface area contributed by atoms with E-state index >= 15 is 0 Å². The first-order chi connectivity index (χ1) is 10.1. The lowest BCUT2D eigenvalue weighted by atomic mass is 10.2. The van der Waals surface area contributed by atoms with Gasteiger partial charge in [0.25, 0.3) is 5.56 Å². The van der Waals surface area contributed by atoms with Crippen LogP contribution in [0.4, 0.5) is 0 Å². The lowest BCUT2D eigenvalue weighted by Gasteiger charge is -2.15. The molecule has 4 nitrogen and oxygen atoms in total. The zero-order valence-corrected chi connectivity index (χ0v) is 13.8. The largest absolute Gasteiger partial charge is 0.309 e. The van der Waals surface area contributed by atoms with E-state index in [1.54, 1.807) is 11.3 Å². The van der Waals surface area contributed by atoms with Crippen molar-refractivity contribution in [2.75, 3.05) is 0 Å². The van der Waals surface area contributed by atoms with E-state index in [4.69, 9.17) is 0 Å². The Labute approximate surface area is 130 Å². The van der Waals surface area contributed by atoms with Crippen molar-refractivity contribution >= 4 is 32.9 Å². The number of nitrogens with one attached hydrogen (secondary N) is 2. The molecule has 0 saturated carbocycles. The molecule has 0 spiro atoms. The van der Waals surface area contributed by atoms with Crippen LogP contribution >= 0.6 is 22.7 Å². The summed E-state index contributed by atoms with van der Waals surface area (Å²) in [7, 11) is 0. The number of fused-ring (bicyclic) bond motifs is 1. The SMILES string of the molecule is CC(C)N[C@@H](C)c1nc2scc(-c3cccs3)c2c(=O)[nH]1. The Hall–Kier alpha value is -1.50. The molecule has 21 heavy (non-hydrogen) atoms. The van der Waals surface area contributed by atoms with Crippen molar-refractivity contribution in [3.63, 3.8) is 0 Å². The van der Waals surface area contributed by atoms with Gasteiger partial charge in [-0.3, -0.25) is 4.79 Å². The maximum Gasteiger partial charge on any atom is 0.260 e. The Bertz CT molecular complexity index is 802. The number of hydrogen-bond acceptors (Lipinski definition) is 5. The molecule has 0 radical (unpaired) electrons. The normalized spacial score (nSPS) is 13.1. The Morgan fingerprint density at radius 3 is 2.76 bits per heavy atom. The molecular weight excluding hydrogens is 302 g/mol. The van der Waals surface area contributed by atoms with Crippen LogP contribution in [0.2, 0.25) is 0 Å². The number of nitrogens with zero attached hydrogens (tertiary/aromatic N) is 1. The monoisotopic (exact) mass is 319 g/mol. The van der Waals surface area contributed by atoms with Gasteiger partial charge in [-0.1, -0.05) is 19.9 Å². The molecule has 0 bridgehead atoms. The van der Waals surface area contributed by atoms with Crippen LogP contribution in [0.5, 0.6) is 0 Å². The third-order valence-electron chi connectivity index (χ3n) is 3.24. The number of aromatic nitrogens is 2. The van der Waals surface area contributed by atoms with Crippen LogP contribution in [-0.2, 0) is 0 Å². The molecule has 0 saturated heterocycles. The van der Waals surface area contributed by atoms with Crippen LogP contribution in [-0.4, -0.2) is 16.0 Å². The van der Waals surface area contributed by atoms with Crippen LogP contribution in [0.3, 0.4) is 0 Å². The molecule has 110 valence electrons. The van der Waals surface area contributed by atoms with Crippen molar-refractivity contribution in [1.29, 1.82) is 0 Å². The van der Waals surface area contributed by atoms with Crippen molar-refractivity contribution in [2.24, 2.45) is 0 Å². The van der Waals surface area contributed by atoms with E-state index in [1.165, 1.54) is 11.3 Å². The maximum absolute atomic E-state index is 12.5. The molecule has 3 aromatic heterocycles. The van der Waals surface area contributed by atoms with Crippen molar-refractivity contribution in [1.82, 2.24) is 15.3 Å². The number of hydrogen-bond donors (Lipinski definition) is 2. The molecule has 0 fully saturated rings. The quantitative estimate of drug-likeness (QED) is 0.769. The van der Waals surface area contributed by atoms with Gasteiger partial charge in [0.05, 0.1) is 11.4 Å². The van der Waals surface area contributed by atoms with E-state index < -0.39 is 0 Å². The van der Waals surface area contributed by atoms with E-state index in [-0.39, 0.29) is 11.6 Å². The molecule has 2 N–H and O–H groups in total. The molecule has 0 amide bonds. The fourth-order valence-corrected chi connectivity index (χ4v) is 4.13. The second-order valence-corrected chi connectivity index (χ2v) is 7.11. The number of rotatable bonds is 4. The summed E-state index contributed by atoms with van der Waals surface area (Å²) < 4.78 is 0. The second kappa shape index (κ2) is 5.71. The van der Waals surface area contributed by atoms with Gasteiger partial charge in [0.15, 0.2) is 0 Å². The van der Waals surface area contributed by atoms with E-state index in [2.05, 4.69) is 29.1 Å². The summed E-state index contributed by atoms with van der Waals surface area (Å²) in [6.45, 7) is 6.16. The van der Waals surface area contributed by atoms with E-state index in [9.17, 15) is 4.79 Å². The smallest absolute Gasteiger partial charge is 0.260 e. The van der Waals surface area contributed by atoms with Crippen LogP contribution in [0, 0.1) is 0 Å². The summed E-state index contributed by atoms with van der Waals surface area (Å²) in [4.78, 5) is 21.9. The Kier molecular flexibility index (Phi) is 3.93. The first-order valence-corrected chi connectivity index (χ1v) is 8.63. The molecule has 3 rings (SSSR count). The summed E-state index contributed by atoms with van der Waals surface area (Å²) in [6.07, 6.45) is 0. The molecule has 1 atom stereocenters. The van der Waals surface area contributed by atoms with Crippen LogP contribution in [0.25, 0.3) is 20.7 Å². The van der Waals surface area contributed by atoms with Gasteiger partial charge in [0.2, 0.25) is 0 Å². The third kappa shape index (κ3) is 2.79. The van der Waals surface area contributed by atoms with Crippen molar-refractivity contribution in [3.8, 4) is 10.4 Å². The molecule has 3 heterocycles. The molecule has 0 unspecified atom stereocenters. The third-order valence-corrected chi connectivity index (χ3v) is 5.02. The number of H-pyrrole nitrogens is 1. The fraction of sp³-hybridized carbons (Fsp3) is 0.333. The first-order valence-electron chi connectivity index (χ1n) is 6.87. The van der Waals surface area contributed by atoms with Gasteiger partial charge in [-0.25, -0.2) is 4.98 Å². The molecule has 0 aliphatic carbocycles. The van der Waals surface area contributed by atoms with Gasteiger partial charge >= 0.3 is 0 Å². The van der Waals surface area contributed by atoms with E-state index in [1.807, 2.05) is 29.8 Å². The van der Waals surface area contributed by atoms with E-state index in [0.29, 0.717) is 17.3 Å². The average molecular weight is 319 g/mol. The minimum Gasteiger partial charge on any atom is -0.309 e. The lowest BCUT2D eigenvalue weighted by molar-refractivity contribution is 0.487. The highest BCUT2D eigenvalue weighted by Crippen LogP contribution is 2.33. The van der Waals surface area contributed by atoms with Gasteiger partial charge in [0.1, 0.15) is 10.7 Å². The van der Waals surface area contributed by atoms with Crippen LogP contribution < -0.4 is 10.9 Å². The van der Waals surface area contributed by atoms with Crippen molar-refractivity contribution < 1.29 is 0 Å². The predicted octanol–water partition coefficient (Wildman–Crippen LogP) is 3.77. The summed E-state index contributed by atoms with van der Waals surface area (Å²) in [5.41, 5.74) is 0.923. The Balaban J connectivity index is 2.09. The Morgan fingerprint density at radius 2 is 2.10 bits per heavy atom. The Morgan fingerprint density at radius 1 is 1.29 bits per heavy atom. The zero-order chi connectivity index (χ0) is 15.0. The first kappa shape index (κ1) is 14.4. The molecular formula is C15H17N3OS2. The van der Waals surface area contributed by atoms with Crippen LogP contribution in [0.1, 0.15) is 32.6 Å². The maximum atomic E-state index is 12.5. The topological polar surface area (TPSA) is 57.8 Å². The van der Waals surface area contributed by atoms with Gasteiger partial charge in [-0.05, 0) is 18.4 Å². The summed E-state index contributed by atoms with van der Waals surface area (Å²) >= 11 is 3.16. The molecule has 0 aliphatic heterocycles. The zero-order valence-electron chi connectivity index (χ0n) is 12.1. The molecule has 0 aromatic carbocycles. The highest BCUT2D eigenvalue weighted by atomic mass is 32.1. The summed E-state index contributed by atoms with van der Waals surface area (Å²) in [5, 5.41) is 8.09. The highest BCUT2D eigenvalue weighted by molar-refractivity contribution is 7.18. The van der Waals surface area contributed by atoms with Gasteiger partial charge in [-0.15, -0.1) is 22.7 Å². The number of thiophene rings is 2. The second-order valence-electron chi connectivity index (χ2n) is 5.30. The molecule has 0 aliphatic rings. The van der Waals surface area contributed by atoms with Gasteiger partial charge in [0, 0.05) is 21.9 Å². The number of aromatic amines is 1. The predicted molar refractivity (Wildman–Crippen MR) is 90.2 cm³/mol. The summed E-state index contributed by atoms with van der Waals surface area (Å²) in [5.74, 6) is 0.695. The lowest BCUT2D eigenvalue weighted by Crippen LogP contribution is -2.28. The average Bonchev–Trinajstić information content (AvgIpc) is 3.05. The van der Waals surface area contributed by atoms with Gasteiger partial charge in [-0.2, -0.15) is 0 Å². The van der Waals surface area contributed by atoms with Crippen molar-refractivity contribution in [3.05, 3.63) is 39.1 Å². The molecule has 6 heteroatoms.